The number of benzene rings is 1. The van der Waals surface area contributed by atoms with Crippen LogP contribution in [0.15, 0.2) is 36.4 Å². The van der Waals surface area contributed by atoms with E-state index in [2.05, 4.69) is 12.2 Å². The van der Waals surface area contributed by atoms with E-state index in [0.717, 1.165) is 32.1 Å². The predicted octanol–water partition coefficient (Wildman–Crippen LogP) is 3.34. The van der Waals surface area contributed by atoms with Crippen LogP contribution in [0, 0.1) is 35.5 Å². The molecule has 4 fully saturated rings. The predicted molar refractivity (Wildman–Crippen MR) is 101 cm³/mol. The highest BCUT2D eigenvalue weighted by molar-refractivity contribution is 6.22. The van der Waals surface area contributed by atoms with Crippen molar-refractivity contribution in [1.82, 2.24) is 0 Å². The van der Waals surface area contributed by atoms with E-state index in [1.165, 1.54) is 4.90 Å². The van der Waals surface area contributed by atoms with Gasteiger partial charge in [0, 0.05) is 0 Å². The largest absolute Gasteiger partial charge is 0.459 e. The molecule has 2 amide bonds. The Morgan fingerprint density at radius 1 is 0.893 bits per heavy atom. The third-order valence-electron chi connectivity index (χ3n) is 7.60. The summed E-state index contributed by atoms with van der Waals surface area (Å²) in [7, 11) is 0. The molecule has 3 saturated carbocycles. The van der Waals surface area contributed by atoms with Crippen LogP contribution in [0.25, 0.3) is 0 Å². The molecule has 1 saturated heterocycles. The lowest BCUT2D eigenvalue weighted by molar-refractivity contribution is -0.124. The van der Waals surface area contributed by atoms with Crippen molar-refractivity contribution >= 4 is 23.5 Å². The second-order valence-electron chi connectivity index (χ2n) is 9.03. The molecular formula is C23H23NO4. The topological polar surface area (TPSA) is 63.7 Å². The zero-order chi connectivity index (χ0) is 19.0. The van der Waals surface area contributed by atoms with Gasteiger partial charge >= 0.3 is 5.97 Å². The molecule has 1 aromatic rings. The molecular weight excluding hydrogens is 354 g/mol. The highest BCUT2D eigenvalue weighted by Crippen LogP contribution is 2.65. The summed E-state index contributed by atoms with van der Waals surface area (Å²) in [6, 6.07) is 6.74. The van der Waals surface area contributed by atoms with E-state index >= 15 is 0 Å². The van der Waals surface area contributed by atoms with Gasteiger partial charge in [0.25, 0.3) is 0 Å². The summed E-state index contributed by atoms with van der Waals surface area (Å²) in [6.07, 6.45) is 9.62. The van der Waals surface area contributed by atoms with Crippen molar-refractivity contribution in [2.24, 2.45) is 35.5 Å². The van der Waals surface area contributed by atoms with E-state index in [1.54, 1.807) is 24.3 Å². The van der Waals surface area contributed by atoms with Crippen LogP contribution in [0.1, 0.15) is 42.5 Å². The molecule has 0 N–H and O–H groups in total. The van der Waals surface area contributed by atoms with Gasteiger partial charge in [-0.05, 0) is 80.0 Å². The molecule has 5 aliphatic carbocycles. The van der Waals surface area contributed by atoms with Crippen LogP contribution in [-0.4, -0.2) is 23.9 Å². The zero-order valence-electron chi connectivity index (χ0n) is 15.6. The lowest BCUT2D eigenvalue weighted by Gasteiger charge is -2.37. The van der Waals surface area contributed by atoms with Gasteiger partial charge < -0.3 is 4.74 Å². The summed E-state index contributed by atoms with van der Waals surface area (Å²) >= 11 is 0. The van der Waals surface area contributed by atoms with Crippen LogP contribution in [-0.2, 0) is 14.3 Å². The Morgan fingerprint density at radius 2 is 1.46 bits per heavy atom. The molecule has 6 aliphatic rings. The van der Waals surface area contributed by atoms with Crippen molar-refractivity contribution < 1.29 is 19.1 Å². The monoisotopic (exact) mass is 377 g/mol. The van der Waals surface area contributed by atoms with Crippen LogP contribution in [0.5, 0.6) is 0 Å². The van der Waals surface area contributed by atoms with Crippen LogP contribution in [0.2, 0.25) is 0 Å². The normalized spacial score (nSPS) is 37.9. The number of imide groups is 1. The van der Waals surface area contributed by atoms with Crippen molar-refractivity contribution in [3.8, 4) is 0 Å². The number of carbonyl (C=O) groups is 3. The lowest BCUT2D eigenvalue weighted by Crippen LogP contribution is -2.40. The first kappa shape index (κ1) is 16.5. The molecule has 0 aromatic heterocycles. The summed E-state index contributed by atoms with van der Waals surface area (Å²) in [6.45, 7) is 0. The molecule has 1 heterocycles. The Kier molecular flexibility index (Phi) is 3.41. The molecule has 0 spiro atoms. The standard InChI is InChI=1S/C23H23NO4/c25-21-19-15-9-10-16(18-11-17(15)18)20(19)22(26)24(21)13-7-5-12(6-8-13)23(27)28-14-3-1-2-4-14/h5-10,14-20H,1-4,11H2/t15-,16-,17-,18+,19+,20+/m1/s1. The van der Waals surface area contributed by atoms with E-state index in [1.807, 2.05) is 0 Å². The van der Waals surface area contributed by atoms with Gasteiger partial charge in [0.05, 0.1) is 23.1 Å². The van der Waals surface area contributed by atoms with E-state index < -0.39 is 0 Å². The third kappa shape index (κ3) is 2.22. The fourth-order valence-electron chi connectivity index (χ4n) is 6.18. The molecule has 144 valence electrons. The number of amides is 2. The third-order valence-corrected chi connectivity index (χ3v) is 7.60. The van der Waals surface area contributed by atoms with Gasteiger partial charge in [-0.15, -0.1) is 0 Å². The summed E-state index contributed by atoms with van der Waals surface area (Å²) in [5.41, 5.74) is 1.03. The molecule has 28 heavy (non-hydrogen) atoms. The second kappa shape index (κ2) is 5.79. The van der Waals surface area contributed by atoms with Crippen molar-refractivity contribution in [2.75, 3.05) is 4.90 Å². The summed E-state index contributed by atoms with van der Waals surface area (Å²) < 4.78 is 5.54. The molecule has 2 bridgehead atoms. The van der Waals surface area contributed by atoms with Gasteiger partial charge in [0.15, 0.2) is 0 Å². The number of nitrogens with zero attached hydrogens (tertiary/aromatic N) is 1. The Bertz CT molecular complexity index is 862. The Balaban J connectivity index is 1.23. The van der Waals surface area contributed by atoms with Gasteiger partial charge in [-0.3, -0.25) is 14.5 Å². The summed E-state index contributed by atoms with van der Waals surface area (Å²) in [4.78, 5) is 40.0. The Hall–Kier alpha value is -2.43. The molecule has 6 atom stereocenters. The van der Waals surface area contributed by atoms with Gasteiger partial charge in [-0.1, -0.05) is 12.2 Å². The average Bonchev–Trinajstić information content (AvgIpc) is 3.32. The Morgan fingerprint density at radius 3 is 2.04 bits per heavy atom. The quantitative estimate of drug-likeness (QED) is 0.460. The van der Waals surface area contributed by atoms with E-state index in [0.29, 0.717) is 23.1 Å². The minimum Gasteiger partial charge on any atom is -0.459 e. The number of rotatable bonds is 3. The number of ether oxygens (including phenoxy) is 1. The zero-order valence-corrected chi connectivity index (χ0v) is 15.6. The van der Waals surface area contributed by atoms with E-state index in [-0.39, 0.29) is 47.6 Å². The molecule has 0 radical (unpaired) electrons. The summed E-state index contributed by atoms with van der Waals surface area (Å²) in [5, 5.41) is 0. The van der Waals surface area contributed by atoms with Crippen molar-refractivity contribution in [2.45, 2.75) is 38.2 Å². The van der Waals surface area contributed by atoms with Crippen LogP contribution in [0.4, 0.5) is 5.69 Å². The molecule has 5 nitrogen and oxygen atoms in total. The molecule has 1 aliphatic heterocycles. The maximum atomic E-state index is 13.1. The first-order chi connectivity index (χ1) is 13.6. The average molecular weight is 377 g/mol. The first-order valence-corrected chi connectivity index (χ1v) is 10.5. The van der Waals surface area contributed by atoms with Crippen LogP contribution < -0.4 is 4.90 Å². The maximum absolute atomic E-state index is 13.1. The summed E-state index contributed by atoms with van der Waals surface area (Å²) in [5.74, 6) is 0.789. The van der Waals surface area contributed by atoms with Gasteiger partial charge in [0.1, 0.15) is 6.10 Å². The number of anilines is 1. The second-order valence-corrected chi connectivity index (χ2v) is 9.03. The number of carbonyl (C=O) groups excluding carboxylic acids is 3. The number of allylic oxidation sites excluding steroid dienone is 2. The molecule has 5 heteroatoms. The van der Waals surface area contributed by atoms with Crippen molar-refractivity contribution in [3.63, 3.8) is 0 Å². The van der Waals surface area contributed by atoms with Crippen LogP contribution in [0.3, 0.4) is 0 Å². The van der Waals surface area contributed by atoms with Gasteiger partial charge in [0.2, 0.25) is 11.8 Å². The number of hydrogen-bond donors (Lipinski definition) is 0. The maximum Gasteiger partial charge on any atom is 0.338 e. The minimum absolute atomic E-state index is 0.0199. The first-order valence-electron chi connectivity index (χ1n) is 10.5. The number of hydrogen-bond acceptors (Lipinski definition) is 4. The smallest absolute Gasteiger partial charge is 0.338 e. The SMILES string of the molecule is O=C(OC1CCCC1)c1ccc(N2C(=O)[C@H]3[C@@H]4C=C[C@H]([C@@H]5C[C@H]45)[C@@H]3C2=O)cc1. The highest BCUT2D eigenvalue weighted by atomic mass is 16.5. The van der Waals surface area contributed by atoms with Gasteiger partial charge in [-0.2, -0.15) is 0 Å². The van der Waals surface area contributed by atoms with Gasteiger partial charge in [-0.25, -0.2) is 4.79 Å². The molecule has 7 rings (SSSR count). The highest BCUT2D eigenvalue weighted by Gasteiger charge is 2.67. The van der Waals surface area contributed by atoms with Crippen molar-refractivity contribution in [3.05, 3.63) is 42.0 Å². The fraction of sp³-hybridized carbons (Fsp3) is 0.522. The number of esters is 1. The molecule has 1 aromatic carbocycles. The van der Waals surface area contributed by atoms with Crippen molar-refractivity contribution in [1.29, 1.82) is 0 Å². The Labute approximate surface area is 163 Å². The lowest BCUT2D eigenvalue weighted by atomic mass is 9.63. The molecule has 0 unspecified atom stereocenters. The van der Waals surface area contributed by atoms with Crippen LogP contribution >= 0.6 is 0 Å². The van der Waals surface area contributed by atoms with E-state index in [9.17, 15) is 14.4 Å². The van der Waals surface area contributed by atoms with E-state index in [4.69, 9.17) is 4.74 Å². The fourth-order valence-corrected chi connectivity index (χ4v) is 6.18. The minimum atomic E-state index is -0.325.